The van der Waals surface area contributed by atoms with Gasteiger partial charge in [-0.05, 0) is 60.0 Å². The number of nitrogens with zero attached hydrogens (tertiary/aromatic N) is 1. The molecule has 2 aromatic rings. The molecule has 0 amide bonds. The number of rotatable bonds is 5. The third-order valence-corrected chi connectivity index (χ3v) is 6.49. The smallest absolute Gasteiger partial charge is 0.416 e. The van der Waals surface area contributed by atoms with Crippen molar-refractivity contribution < 1.29 is 23.1 Å². The lowest BCUT2D eigenvalue weighted by Crippen LogP contribution is -2.46. The maximum atomic E-state index is 13.0. The Morgan fingerprint density at radius 3 is 2.58 bits per heavy atom. The van der Waals surface area contributed by atoms with Gasteiger partial charge in [0.2, 0.25) is 0 Å². The average molecular weight is 429 g/mol. The van der Waals surface area contributed by atoms with Crippen LogP contribution >= 0.6 is 0 Å². The van der Waals surface area contributed by atoms with Crippen LogP contribution in [0.5, 0.6) is 0 Å². The molecule has 0 radical (unpaired) electrons. The third-order valence-electron chi connectivity index (χ3n) is 6.49. The number of aliphatic carboxylic acids is 1. The van der Waals surface area contributed by atoms with Crippen LogP contribution in [-0.2, 0) is 11.3 Å². The summed E-state index contributed by atoms with van der Waals surface area (Å²) < 4.78 is 39.0. The topological polar surface area (TPSA) is 40.5 Å². The zero-order valence-electron chi connectivity index (χ0n) is 17.2. The summed E-state index contributed by atoms with van der Waals surface area (Å²) in [5.41, 5.74) is 0.564. The van der Waals surface area contributed by atoms with Crippen molar-refractivity contribution >= 4 is 16.7 Å². The molecule has 0 saturated carbocycles. The number of piperidine rings is 1. The second-order valence-corrected chi connectivity index (χ2v) is 8.62. The van der Waals surface area contributed by atoms with Gasteiger partial charge in [-0.2, -0.15) is 13.2 Å². The van der Waals surface area contributed by atoms with Crippen molar-refractivity contribution in [3.8, 4) is 0 Å². The van der Waals surface area contributed by atoms with Crippen molar-refractivity contribution in [1.82, 2.24) is 4.90 Å². The third kappa shape index (κ3) is 5.18. The van der Waals surface area contributed by atoms with E-state index in [1.54, 1.807) is 6.08 Å². The Morgan fingerprint density at radius 2 is 1.90 bits per heavy atom. The van der Waals surface area contributed by atoms with Gasteiger partial charge in [-0.15, -0.1) is 0 Å². The van der Waals surface area contributed by atoms with Crippen molar-refractivity contribution in [2.24, 2.45) is 11.8 Å². The molecule has 1 N–H and O–H groups in total. The minimum Gasteiger partial charge on any atom is -0.481 e. The van der Waals surface area contributed by atoms with E-state index in [1.807, 2.05) is 12.1 Å². The second kappa shape index (κ2) is 8.87. The van der Waals surface area contributed by atoms with Crippen LogP contribution in [0, 0.1) is 11.8 Å². The number of benzene rings is 2. The van der Waals surface area contributed by atoms with Crippen molar-refractivity contribution in [2.75, 3.05) is 6.54 Å². The molecule has 2 aromatic carbocycles. The number of hydrogen-bond donors (Lipinski definition) is 1. The molecule has 2 aliphatic rings. The second-order valence-electron chi connectivity index (χ2n) is 8.62. The quantitative estimate of drug-likeness (QED) is 0.638. The molecule has 4 rings (SSSR count). The number of hydrogen-bond acceptors (Lipinski definition) is 2. The number of alkyl halides is 3. The highest BCUT2D eigenvalue weighted by molar-refractivity contribution is 5.82. The molecule has 0 bridgehead atoms. The Bertz CT molecular complexity index is 1010. The van der Waals surface area contributed by atoms with Crippen molar-refractivity contribution in [2.45, 2.75) is 44.4 Å². The van der Waals surface area contributed by atoms with E-state index in [1.165, 1.54) is 17.5 Å². The summed E-state index contributed by atoms with van der Waals surface area (Å²) in [4.78, 5) is 13.6. The fourth-order valence-corrected chi connectivity index (χ4v) is 4.90. The summed E-state index contributed by atoms with van der Waals surface area (Å²) >= 11 is 0. The number of carbonyl (C=O) groups is 1. The highest BCUT2D eigenvalue weighted by Crippen LogP contribution is 2.37. The SMILES string of the molecule is O=C(O)C[C@H]1CCN(Cc2ccc3ccccc3c2)[C@@H](C2C=CC(C(F)(F)F)=CC2)C1. The van der Waals surface area contributed by atoms with Crippen LogP contribution < -0.4 is 0 Å². The maximum Gasteiger partial charge on any atom is 0.416 e. The van der Waals surface area contributed by atoms with Gasteiger partial charge >= 0.3 is 12.1 Å². The zero-order chi connectivity index (χ0) is 22.0. The van der Waals surface area contributed by atoms with Crippen LogP contribution in [0.3, 0.4) is 0 Å². The Balaban J connectivity index is 1.54. The first-order valence-corrected chi connectivity index (χ1v) is 10.7. The number of likely N-dealkylation sites (tertiary alicyclic amines) is 1. The summed E-state index contributed by atoms with van der Waals surface area (Å²) in [6, 6.07) is 14.5. The van der Waals surface area contributed by atoms with Crippen LogP contribution in [0.25, 0.3) is 10.8 Å². The molecule has 1 unspecified atom stereocenters. The number of carboxylic acid groups (broad SMARTS) is 1. The largest absolute Gasteiger partial charge is 0.481 e. The molecule has 3 nitrogen and oxygen atoms in total. The lowest BCUT2D eigenvalue weighted by Gasteiger charge is -2.43. The predicted octanol–water partition coefficient (Wildman–Crippen LogP) is 5.96. The van der Waals surface area contributed by atoms with Crippen molar-refractivity contribution in [1.29, 1.82) is 0 Å². The van der Waals surface area contributed by atoms with E-state index < -0.39 is 17.7 Å². The van der Waals surface area contributed by atoms with Gasteiger partial charge in [0, 0.05) is 19.0 Å². The van der Waals surface area contributed by atoms with Gasteiger partial charge < -0.3 is 5.11 Å². The monoisotopic (exact) mass is 429 g/mol. The summed E-state index contributed by atoms with van der Waals surface area (Å²) in [5, 5.41) is 11.6. The van der Waals surface area contributed by atoms with Crippen molar-refractivity contribution in [3.63, 3.8) is 0 Å². The van der Waals surface area contributed by atoms with Gasteiger partial charge in [0.05, 0.1) is 5.57 Å². The van der Waals surface area contributed by atoms with E-state index in [0.717, 1.165) is 23.9 Å². The first-order chi connectivity index (χ1) is 14.8. The molecule has 31 heavy (non-hydrogen) atoms. The molecule has 3 atom stereocenters. The molecule has 0 aromatic heterocycles. The summed E-state index contributed by atoms with van der Waals surface area (Å²) in [7, 11) is 0. The molecule has 1 fully saturated rings. The first kappa shape index (κ1) is 21.6. The molecule has 164 valence electrons. The van der Waals surface area contributed by atoms with E-state index in [2.05, 4.69) is 35.2 Å². The van der Waals surface area contributed by atoms with E-state index in [4.69, 9.17) is 0 Å². The molecule has 1 aliphatic carbocycles. The van der Waals surface area contributed by atoms with Crippen LogP contribution in [-0.4, -0.2) is 34.7 Å². The number of fused-ring (bicyclic) bond motifs is 1. The van der Waals surface area contributed by atoms with E-state index in [-0.39, 0.29) is 24.3 Å². The average Bonchev–Trinajstić information content (AvgIpc) is 2.74. The van der Waals surface area contributed by atoms with Crippen LogP contribution in [0.2, 0.25) is 0 Å². The molecule has 1 aliphatic heterocycles. The van der Waals surface area contributed by atoms with Gasteiger partial charge in [0.25, 0.3) is 0 Å². The summed E-state index contributed by atoms with van der Waals surface area (Å²) in [6.07, 6.45) is 1.71. The Labute approximate surface area is 179 Å². The predicted molar refractivity (Wildman–Crippen MR) is 115 cm³/mol. The normalized spacial score (nSPS) is 24.9. The molecular weight excluding hydrogens is 403 g/mol. The van der Waals surface area contributed by atoms with Gasteiger partial charge in [-0.1, -0.05) is 54.6 Å². The lowest BCUT2D eigenvalue weighted by molar-refractivity contribution is -0.138. The van der Waals surface area contributed by atoms with Crippen LogP contribution in [0.1, 0.15) is 31.2 Å². The highest BCUT2D eigenvalue weighted by Gasteiger charge is 2.37. The Morgan fingerprint density at radius 1 is 1.13 bits per heavy atom. The van der Waals surface area contributed by atoms with E-state index in [9.17, 15) is 23.1 Å². The van der Waals surface area contributed by atoms with E-state index in [0.29, 0.717) is 19.4 Å². The molecule has 0 spiro atoms. The van der Waals surface area contributed by atoms with E-state index >= 15 is 0 Å². The summed E-state index contributed by atoms with van der Waals surface area (Å²) in [6.45, 7) is 1.45. The Kier molecular flexibility index (Phi) is 6.19. The minimum atomic E-state index is -4.33. The first-order valence-electron chi connectivity index (χ1n) is 10.7. The van der Waals surface area contributed by atoms with Gasteiger partial charge in [0.15, 0.2) is 0 Å². The molecule has 6 heteroatoms. The number of carboxylic acids is 1. The van der Waals surface area contributed by atoms with Crippen molar-refractivity contribution in [3.05, 3.63) is 71.8 Å². The molecule has 1 heterocycles. The Hall–Kier alpha value is -2.60. The standard InChI is InChI=1S/C25H26F3NO2/c26-25(27,28)22-9-7-20(8-10-22)23-14-17(15-24(30)31)11-12-29(23)16-18-5-6-19-3-1-2-4-21(19)13-18/h1-7,9-10,13,17,20,23H,8,11-12,14-16H2,(H,30,31)/t17-,20?,23+/m0/s1. The van der Waals surface area contributed by atoms with Gasteiger partial charge in [0.1, 0.15) is 0 Å². The number of halogens is 3. The minimum absolute atomic E-state index is 0.0202. The molecule has 1 saturated heterocycles. The fraction of sp³-hybridized carbons (Fsp3) is 0.400. The lowest BCUT2D eigenvalue weighted by atomic mass is 9.79. The van der Waals surface area contributed by atoms with Crippen LogP contribution in [0.4, 0.5) is 13.2 Å². The zero-order valence-corrected chi connectivity index (χ0v) is 17.2. The summed E-state index contributed by atoms with van der Waals surface area (Å²) in [5.74, 6) is -0.815. The number of allylic oxidation sites excluding steroid dienone is 3. The highest BCUT2D eigenvalue weighted by atomic mass is 19.4. The maximum absolute atomic E-state index is 13.0. The van der Waals surface area contributed by atoms with Gasteiger partial charge in [-0.25, -0.2) is 0 Å². The van der Waals surface area contributed by atoms with Crippen LogP contribution in [0.15, 0.2) is 66.3 Å². The fourth-order valence-electron chi connectivity index (χ4n) is 4.90. The molecular formula is C25H26F3NO2. The van der Waals surface area contributed by atoms with Gasteiger partial charge in [-0.3, -0.25) is 9.69 Å².